The molecule has 19 heavy (non-hydrogen) atoms. The molecular weight excluding hydrogens is 238 g/mol. The summed E-state index contributed by atoms with van der Waals surface area (Å²) < 4.78 is 0. The number of hydrazone groups is 1. The van der Waals surface area contributed by atoms with Crippen LogP contribution in [0.4, 0.5) is 0 Å². The Bertz CT molecular complexity index is 370. The molecule has 2 N–H and O–H groups in total. The zero-order chi connectivity index (χ0) is 13.9. The second-order valence-electron chi connectivity index (χ2n) is 5.09. The molecule has 0 aromatic heterocycles. The van der Waals surface area contributed by atoms with Gasteiger partial charge in [0.15, 0.2) is 0 Å². The zero-order valence-corrected chi connectivity index (χ0v) is 11.9. The average molecular weight is 263 g/mol. The predicted octanol–water partition coefficient (Wildman–Crippen LogP) is 3.02. The highest BCUT2D eigenvalue weighted by atomic mass is 16.1. The van der Waals surface area contributed by atoms with Crippen molar-refractivity contribution >= 4 is 17.7 Å². The Morgan fingerprint density at radius 2 is 2.05 bits per heavy atom. The first-order valence-electron chi connectivity index (χ1n) is 7.16. The number of carbonyl (C=O) groups excluding carboxylic acids is 1. The lowest BCUT2D eigenvalue weighted by atomic mass is 10.1. The number of rotatable bonds is 11. The van der Waals surface area contributed by atoms with Crippen LogP contribution in [0, 0.1) is 0 Å². The highest BCUT2D eigenvalue weighted by Crippen LogP contribution is 2.24. The van der Waals surface area contributed by atoms with Gasteiger partial charge < -0.3 is 10.6 Å². The standard InChI is InChI=1S/C15H25N3O/c1-13(19)6-2-3-8-15(18-16)12-17-11-5-4-7-14-9-10-14/h9,12H,2-8,10-11,16H2,1H3. The number of aliphatic imine (C=N–C) groups is 1. The molecule has 0 spiro atoms. The monoisotopic (exact) mass is 263 g/mol. The van der Waals surface area contributed by atoms with Gasteiger partial charge in [0.2, 0.25) is 0 Å². The van der Waals surface area contributed by atoms with Gasteiger partial charge in [-0.25, -0.2) is 0 Å². The largest absolute Gasteiger partial charge is 0.323 e. The van der Waals surface area contributed by atoms with Crippen molar-refractivity contribution in [3.05, 3.63) is 11.6 Å². The Morgan fingerprint density at radius 3 is 2.68 bits per heavy atom. The predicted molar refractivity (Wildman–Crippen MR) is 80.7 cm³/mol. The minimum atomic E-state index is 0.241. The number of nitrogens with zero attached hydrogens (tertiary/aromatic N) is 2. The number of nitrogens with two attached hydrogens (primary N) is 1. The number of unbranched alkanes of at least 4 members (excludes halogenated alkanes) is 2. The molecule has 4 nitrogen and oxygen atoms in total. The normalized spacial score (nSPS) is 14.8. The Labute approximate surface area is 115 Å². The molecule has 1 aliphatic carbocycles. The van der Waals surface area contributed by atoms with Crippen LogP contribution in [-0.4, -0.2) is 24.3 Å². The van der Waals surface area contributed by atoms with E-state index in [0.717, 1.165) is 37.9 Å². The van der Waals surface area contributed by atoms with Crippen molar-refractivity contribution in [2.45, 2.75) is 58.3 Å². The minimum Gasteiger partial charge on any atom is -0.323 e. The molecule has 106 valence electrons. The molecule has 1 aliphatic rings. The number of ketones is 1. The van der Waals surface area contributed by atoms with Crippen molar-refractivity contribution < 1.29 is 4.79 Å². The van der Waals surface area contributed by atoms with Gasteiger partial charge in [0.25, 0.3) is 0 Å². The van der Waals surface area contributed by atoms with E-state index in [4.69, 9.17) is 5.84 Å². The Hall–Kier alpha value is -1.45. The molecular formula is C15H25N3O. The Morgan fingerprint density at radius 1 is 1.32 bits per heavy atom. The van der Waals surface area contributed by atoms with Crippen LogP contribution in [-0.2, 0) is 4.79 Å². The van der Waals surface area contributed by atoms with Crippen molar-refractivity contribution in [2.75, 3.05) is 6.54 Å². The minimum absolute atomic E-state index is 0.241. The summed E-state index contributed by atoms with van der Waals surface area (Å²) in [6.45, 7) is 2.47. The fourth-order valence-electron chi connectivity index (χ4n) is 1.84. The van der Waals surface area contributed by atoms with Crippen molar-refractivity contribution in [3.63, 3.8) is 0 Å². The van der Waals surface area contributed by atoms with Gasteiger partial charge in [0.05, 0.1) is 5.71 Å². The highest BCUT2D eigenvalue weighted by molar-refractivity contribution is 6.30. The molecule has 0 aliphatic heterocycles. The summed E-state index contributed by atoms with van der Waals surface area (Å²) in [5.74, 6) is 5.57. The molecule has 0 unspecified atom stereocenters. The zero-order valence-electron chi connectivity index (χ0n) is 11.9. The molecule has 0 saturated carbocycles. The lowest BCUT2D eigenvalue weighted by Gasteiger charge is -1.99. The van der Waals surface area contributed by atoms with E-state index in [1.807, 2.05) is 0 Å². The average Bonchev–Trinajstić information content (AvgIpc) is 3.19. The Balaban J connectivity index is 2.02. The summed E-state index contributed by atoms with van der Waals surface area (Å²) in [5.41, 5.74) is 2.42. The highest BCUT2D eigenvalue weighted by Gasteiger charge is 2.05. The van der Waals surface area contributed by atoms with Gasteiger partial charge in [-0.3, -0.25) is 4.99 Å². The number of hydrogen-bond acceptors (Lipinski definition) is 4. The molecule has 0 aromatic rings. The van der Waals surface area contributed by atoms with Gasteiger partial charge in [-0.1, -0.05) is 11.6 Å². The summed E-state index contributed by atoms with van der Waals surface area (Å²) >= 11 is 0. The van der Waals surface area contributed by atoms with Crippen LogP contribution >= 0.6 is 0 Å². The van der Waals surface area contributed by atoms with Crippen LogP contribution in [0.25, 0.3) is 0 Å². The van der Waals surface area contributed by atoms with Gasteiger partial charge in [-0.2, -0.15) is 5.10 Å². The van der Waals surface area contributed by atoms with E-state index in [0.29, 0.717) is 6.42 Å². The van der Waals surface area contributed by atoms with Crippen LogP contribution in [0.1, 0.15) is 58.3 Å². The van der Waals surface area contributed by atoms with Crippen LogP contribution in [0.2, 0.25) is 0 Å². The maximum absolute atomic E-state index is 10.8. The molecule has 0 fully saturated rings. The van der Waals surface area contributed by atoms with E-state index in [1.165, 1.54) is 19.3 Å². The number of Topliss-reactive ketones (excluding diaryl/α,β-unsaturated/α-hetero) is 1. The topological polar surface area (TPSA) is 67.8 Å². The maximum atomic E-state index is 10.8. The van der Waals surface area contributed by atoms with E-state index in [1.54, 1.807) is 18.7 Å². The molecule has 0 aromatic carbocycles. The maximum Gasteiger partial charge on any atom is 0.129 e. The van der Waals surface area contributed by atoms with Crippen LogP contribution < -0.4 is 5.84 Å². The van der Waals surface area contributed by atoms with E-state index < -0.39 is 0 Å². The third-order valence-corrected chi connectivity index (χ3v) is 3.15. The first kappa shape index (κ1) is 15.6. The molecule has 1 rings (SSSR count). The first-order chi connectivity index (χ1) is 9.22. The van der Waals surface area contributed by atoms with Crippen LogP contribution in [0.5, 0.6) is 0 Å². The molecule has 0 amide bonds. The molecule has 0 heterocycles. The van der Waals surface area contributed by atoms with E-state index in [-0.39, 0.29) is 5.78 Å². The number of carbonyl (C=O) groups is 1. The smallest absolute Gasteiger partial charge is 0.129 e. The molecule has 4 heteroatoms. The molecule has 0 saturated heterocycles. The number of allylic oxidation sites excluding steroid dienone is 2. The quantitative estimate of drug-likeness (QED) is 0.205. The first-order valence-corrected chi connectivity index (χ1v) is 7.16. The summed E-state index contributed by atoms with van der Waals surface area (Å²) in [5, 5.41) is 3.73. The van der Waals surface area contributed by atoms with E-state index >= 15 is 0 Å². The fraction of sp³-hybridized carbons (Fsp3) is 0.667. The van der Waals surface area contributed by atoms with Crippen molar-refractivity contribution in [2.24, 2.45) is 15.9 Å². The SMILES string of the molecule is CC(=O)CCCCC(C=NCCCCC1=CC1)=NN. The molecule has 0 bridgehead atoms. The lowest BCUT2D eigenvalue weighted by molar-refractivity contribution is -0.117. The summed E-state index contributed by atoms with van der Waals surface area (Å²) in [6, 6.07) is 0. The van der Waals surface area contributed by atoms with Gasteiger partial charge in [-0.05, 0) is 51.9 Å². The second-order valence-corrected chi connectivity index (χ2v) is 5.09. The van der Waals surface area contributed by atoms with Gasteiger partial charge in [0.1, 0.15) is 5.78 Å². The Kier molecular flexibility index (Phi) is 7.78. The van der Waals surface area contributed by atoms with Gasteiger partial charge >= 0.3 is 0 Å². The summed E-state index contributed by atoms with van der Waals surface area (Å²) in [6.07, 6.45) is 12.2. The molecule has 0 atom stereocenters. The third kappa shape index (κ3) is 9.17. The fourth-order valence-corrected chi connectivity index (χ4v) is 1.84. The number of hydrogen-bond donors (Lipinski definition) is 1. The molecule has 0 radical (unpaired) electrons. The van der Waals surface area contributed by atoms with Crippen molar-refractivity contribution in [1.82, 2.24) is 0 Å². The van der Waals surface area contributed by atoms with Gasteiger partial charge in [0, 0.05) is 19.2 Å². The van der Waals surface area contributed by atoms with Crippen LogP contribution in [0.3, 0.4) is 0 Å². The lowest BCUT2D eigenvalue weighted by Crippen LogP contribution is -2.05. The van der Waals surface area contributed by atoms with Gasteiger partial charge in [-0.15, -0.1) is 0 Å². The van der Waals surface area contributed by atoms with Crippen LogP contribution in [0.15, 0.2) is 21.7 Å². The third-order valence-electron chi connectivity index (χ3n) is 3.15. The summed E-state index contributed by atoms with van der Waals surface area (Å²) in [4.78, 5) is 15.1. The van der Waals surface area contributed by atoms with E-state index in [9.17, 15) is 4.79 Å². The van der Waals surface area contributed by atoms with Crippen molar-refractivity contribution in [1.29, 1.82) is 0 Å². The summed E-state index contributed by atoms with van der Waals surface area (Å²) in [7, 11) is 0. The van der Waals surface area contributed by atoms with Crippen molar-refractivity contribution in [3.8, 4) is 0 Å². The van der Waals surface area contributed by atoms with E-state index in [2.05, 4.69) is 16.2 Å². The second kappa shape index (κ2) is 9.48.